The summed E-state index contributed by atoms with van der Waals surface area (Å²) in [6.07, 6.45) is 0.771. The molecule has 1 N–H and O–H groups in total. The molecular formula is C11H9ClO2S. The number of thiophene rings is 1. The average Bonchev–Trinajstić information content (AvgIpc) is 2.56. The molecule has 0 fully saturated rings. The molecule has 0 saturated heterocycles. The second-order valence-electron chi connectivity index (χ2n) is 3.29. The van der Waals surface area contributed by atoms with E-state index in [9.17, 15) is 4.79 Å². The van der Waals surface area contributed by atoms with Crippen LogP contribution in [0.25, 0.3) is 10.1 Å². The molecule has 0 amide bonds. The third kappa shape index (κ3) is 2.49. The zero-order valence-electron chi connectivity index (χ0n) is 7.87. The van der Waals surface area contributed by atoms with Gasteiger partial charge >= 0.3 is 5.97 Å². The van der Waals surface area contributed by atoms with Gasteiger partial charge in [0.1, 0.15) is 0 Å². The van der Waals surface area contributed by atoms with Gasteiger partial charge in [0.05, 0.1) is 6.42 Å². The minimum Gasteiger partial charge on any atom is -0.481 e. The van der Waals surface area contributed by atoms with E-state index in [1.165, 1.54) is 0 Å². The van der Waals surface area contributed by atoms with Crippen LogP contribution in [0.3, 0.4) is 0 Å². The Balaban J connectivity index is 2.27. The Morgan fingerprint density at radius 3 is 2.93 bits per heavy atom. The number of rotatable bonds is 3. The zero-order valence-corrected chi connectivity index (χ0v) is 9.44. The summed E-state index contributed by atoms with van der Waals surface area (Å²) in [5.41, 5.74) is 0. The molecule has 1 aromatic carbocycles. The summed E-state index contributed by atoms with van der Waals surface area (Å²) < 4.78 is 1.15. The summed E-state index contributed by atoms with van der Waals surface area (Å²) >= 11 is 7.49. The molecule has 15 heavy (non-hydrogen) atoms. The monoisotopic (exact) mass is 240 g/mol. The van der Waals surface area contributed by atoms with Gasteiger partial charge in [0.15, 0.2) is 0 Å². The molecule has 0 atom stereocenters. The molecule has 2 nitrogen and oxygen atoms in total. The summed E-state index contributed by atoms with van der Waals surface area (Å²) in [5.74, 6) is -0.759. The van der Waals surface area contributed by atoms with E-state index in [2.05, 4.69) is 0 Å². The largest absolute Gasteiger partial charge is 0.481 e. The fourth-order valence-corrected chi connectivity index (χ4v) is 2.65. The standard InChI is InChI=1S/C11H9ClO2S/c12-8-1-3-10-7(5-8)6-9(15-10)2-4-11(13)14/h1,3,5-6H,2,4H2,(H,13,14). The molecule has 0 saturated carbocycles. The molecule has 0 spiro atoms. The number of benzene rings is 1. The zero-order chi connectivity index (χ0) is 10.8. The van der Waals surface area contributed by atoms with E-state index in [4.69, 9.17) is 16.7 Å². The highest BCUT2D eigenvalue weighted by atomic mass is 35.5. The Labute approximate surface area is 96.1 Å². The molecule has 0 aliphatic rings. The van der Waals surface area contributed by atoms with Gasteiger partial charge in [0.2, 0.25) is 0 Å². The third-order valence-corrected chi connectivity index (χ3v) is 3.53. The first-order valence-corrected chi connectivity index (χ1v) is 5.74. The van der Waals surface area contributed by atoms with E-state index >= 15 is 0 Å². The third-order valence-electron chi connectivity index (χ3n) is 2.11. The second kappa shape index (κ2) is 4.21. The van der Waals surface area contributed by atoms with Crippen molar-refractivity contribution in [1.82, 2.24) is 0 Å². The molecule has 0 aliphatic heterocycles. The lowest BCUT2D eigenvalue weighted by atomic mass is 10.2. The van der Waals surface area contributed by atoms with Gasteiger partial charge in [-0.2, -0.15) is 0 Å². The number of carbonyl (C=O) groups is 1. The normalized spacial score (nSPS) is 10.7. The van der Waals surface area contributed by atoms with Gasteiger partial charge in [0.25, 0.3) is 0 Å². The number of hydrogen-bond donors (Lipinski definition) is 1. The highest BCUT2D eigenvalue weighted by Crippen LogP contribution is 2.28. The van der Waals surface area contributed by atoms with Crippen LogP contribution in [0.4, 0.5) is 0 Å². The van der Waals surface area contributed by atoms with Crippen molar-refractivity contribution in [2.45, 2.75) is 12.8 Å². The Morgan fingerprint density at radius 2 is 2.20 bits per heavy atom. The maximum Gasteiger partial charge on any atom is 0.303 e. The van der Waals surface area contributed by atoms with Crippen LogP contribution in [0.1, 0.15) is 11.3 Å². The van der Waals surface area contributed by atoms with Gasteiger partial charge in [-0.1, -0.05) is 11.6 Å². The fourth-order valence-electron chi connectivity index (χ4n) is 1.42. The first kappa shape index (κ1) is 10.5. The first-order valence-electron chi connectivity index (χ1n) is 4.55. The van der Waals surface area contributed by atoms with Gasteiger partial charge in [-0.25, -0.2) is 0 Å². The van der Waals surface area contributed by atoms with Gasteiger partial charge in [-0.05, 0) is 36.1 Å². The lowest BCUT2D eigenvalue weighted by molar-refractivity contribution is -0.136. The van der Waals surface area contributed by atoms with Crippen molar-refractivity contribution < 1.29 is 9.90 Å². The van der Waals surface area contributed by atoms with Gasteiger partial charge < -0.3 is 5.11 Å². The minimum atomic E-state index is -0.759. The highest BCUT2D eigenvalue weighted by molar-refractivity contribution is 7.19. The molecule has 4 heteroatoms. The molecule has 2 rings (SSSR count). The molecule has 0 unspecified atom stereocenters. The summed E-state index contributed by atoms with van der Waals surface area (Å²) in [6, 6.07) is 7.72. The predicted octanol–water partition coefficient (Wildman–Crippen LogP) is 3.57. The quantitative estimate of drug-likeness (QED) is 0.891. The van der Waals surface area contributed by atoms with Crippen LogP contribution in [0.15, 0.2) is 24.3 Å². The number of carboxylic acids is 1. The Morgan fingerprint density at radius 1 is 1.40 bits per heavy atom. The summed E-state index contributed by atoms with van der Waals surface area (Å²) in [5, 5.41) is 10.4. The van der Waals surface area contributed by atoms with E-state index in [-0.39, 0.29) is 6.42 Å². The number of aryl methyl sites for hydroxylation is 1. The van der Waals surface area contributed by atoms with Crippen LogP contribution in [-0.4, -0.2) is 11.1 Å². The van der Waals surface area contributed by atoms with E-state index in [1.54, 1.807) is 11.3 Å². The molecule has 78 valence electrons. The van der Waals surface area contributed by atoms with Crippen molar-refractivity contribution in [3.8, 4) is 0 Å². The number of halogens is 1. The van der Waals surface area contributed by atoms with Crippen molar-refractivity contribution in [3.63, 3.8) is 0 Å². The second-order valence-corrected chi connectivity index (χ2v) is 4.89. The number of carboxylic acid groups (broad SMARTS) is 1. The van der Waals surface area contributed by atoms with E-state index in [0.29, 0.717) is 11.4 Å². The van der Waals surface area contributed by atoms with Crippen molar-refractivity contribution >= 4 is 39.0 Å². The van der Waals surface area contributed by atoms with Crippen molar-refractivity contribution in [1.29, 1.82) is 0 Å². The Bertz CT molecular complexity index is 504. The molecular weight excluding hydrogens is 232 g/mol. The van der Waals surface area contributed by atoms with Gasteiger partial charge in [-0.3, -0.25) is 4.79 Å². The van der Waals surface area contributed by atoms with Crippen molar-refractivity contribution in [3.05, 3.63) is 34.2 Å². The molecule has 2 aromatic rings. The molecule has 0 aliphatic carbocycles. The maximum atomic E-state index is 10.4. The van der Waals surface area contributed by atoms with E-state index in [1.807, 2.05) is 24.3 Å². The highest BCUT2D eigenvalue weighted by Gasteiger charge is 2.04. The summed E-state index contributed by atoms with van der Waals surface area (Å²) in [4.78, 5) is 11.5. The van der Waals surface area contributed by atoms with Crippen LogP contribution >= 0.6 is 22.9 Å². The SMILES string of the molecule is O=C(O)CCc1cc2cc(Cl)ccc2s1. The van der Waals surface area contributed by atoms with E-state index in [0.717, 1.165) is 15.0 Å². The Hall–Kier alpha value is -1.06. The van der Waals surface area contributed by atoms with Gasteiger partial charge in [-0.15, -0.1) is 11.3 Å². The molecule has 1 heterocycles. The lowest BCUT2D eigenvalue weighted by Gasteiger charge is -1.89. The minimum absolute atomic E-state index is 0.181. The average molecular weight is 241 g/mol. The number of aliphatic carboxylic acids is 1. The van der Waals surface area contributed by atoms with Crippen molar-refractivity contribution in [2.75, 3.05) is 0 Å². The molecule has 1 aromatic heterocycles. The number of fused-ring (bicyclic) bond motifs is 1. The summed E-state index contributed by atoms with van der Waals surface area (Å²) in [6.45, 7) is 0. The predicted molar refractivity (Wildman–Crippen MR) is 62.8 cm³/mol. The van der Waals surface area contributed by atoms with Crippen LogP contribution in [0.5, 0.6) is 0 Å². The van der Waals surface area contributed by atoms with Crippen LogP contribution < -0.4 is 0 Å². The maximum absolute atomic E-state index is 10.4. The van der Waals surface area contributed by atoms with Crippen LogP contribution in [0.2, 0.25) is 5.02 Å². The lowest BCUT2D eigenvalue weighted by Crippen LogP contribution is -1.95. The number of hydrogen-bond acceptors (Lipinski definition) is 2. The van der Waals surface area contributed by atoms with Crippen LogP contribution in [-0.2, 0) is 11.2 Å². The van der Waals surface area contributed by atoms with E-state index < -0.39 is 5.97 Å². The molecule has 0 bridgehead atoms. The Kier molecular flexibility index (Phi) is 2.93. The molecule has 0 radical (unpaired) electrons. The van der Waals surface area contributed by atoms with Gasteiger partial charge in [0, 0.05) is 14.6 Å². The first-order chi connectivity index (χ1) is 7.15. The smallest absolute Gasteiger partial charge is 0.303 e. The fraction of sp³-hybridized carbons (Fsp3) is 0.182. The summed E-state index contributed by atoms with van der Waals surface area (Å²) in [7, 11) is 0. The topological polar surface area (TPSA) is 37.3 Å². The van der Waals surface area contributed by atoms with Crippen LogP contribution in [0, 0.1) is 0 Å². The van der Waals surface area contributed by atoms with Crippen molar-refractivity contribution in [2.24, 2.45) is 0 Å².